The van der Waals surface area contributed by atoms with Crippen LogP contribution >= 0.6 is 0 Å². The van der Waals surface area contributed by atoms with Gasteiger partial charge in [-0.25, -0.2) is 0 Å². The summed E-state index contributed by atoms with van der Waals surface area (Å²) in [5.41, 5.74) is 0.803. The van der Waals surface area contributed by atoms with Gasteiger partial charge in [-0.2, -0.15) is 0 Å². The molecular formula is C13H17N5O. The number of aromatic nitrogens is 3. The Morgan fingerprint density at radius 2 is 2.16 bits per heavy atom. The van der Waals surface area contributed by atoms with Gasteiger partial charge in [0.15, 0.2) is 0 Å². The molecule has 1 unspecified atom stereocenters. The van der Waals surface area contributed by atoms with Crippen molar-refractivity contribution in [1.29, 1.82) is 0 Å². The van der Waals surface area contributed by atoms with Gasteiger partial charge in [0, 0.05) is 18.4 Å². The number of hydrogen-bond acceptors (Lipinski definition) is 4. The number of para-hydroxylation sites is 1. The van der Waals surface area contributed by atoms with E-state index in [1.54, 1.807) is 17.1 Å². The first-order chi connectivity index (χ1) is 9.25. The van der Waals surface area contributed by atoms with E-state index in [4.69, 9.17) is 0 Å². The number of carbonyl (C=O) groups is 1. The van der Waals surface area contributed by atoms with Crippen LogP contribution in [0.25, 0.3) is 0 Å². The zero-order valence-corrected chi connectivity index (χ0v) is 10.8. The van der Waals surface area contributed by atoms with Crippen molar-refractivity contribution < 1.29 is 4.79 Å². The predicted octanol–water partition coefficient (Wildman–Crippen LogP) is 0.895. The van der Waals surface area contributed by atoms with E-state index in [1.165, 1.54) is 0 Å². The Kier molecular flexibility index (Phi) is 4.63. The van der Waals surface area contributed by atoms with Crippen LogP contribution in [0.4, 0.5) is 5.69 Å². The van der Waals surface area contributed by atoms with E-state index in [0.717, 1.165) is 5.69 Å². The van der Waals surface area contributed by atoms with Crippen molar-refractivity contribution in [3.8, 4) is 0 Å². The molecule has 0 aliphatic carbocycles. The molecule has 6 heteroatoms. The van der Waals surface area contributed by atoms with Crippen LogP contribution < -0.4 is 10.6 Å². The second kappa shape index (κ2) is 6.65. The van der Waals surface area contributed by atoms with Crippen LogP contribution in [0.2, 0.25) is 0 Å². The van der Waals surface area contributed by atoms with E-state index in [9.17, 15) is 4.79 Å². The lowest BCUT2D eigenvalue weighted by Gasteiger charge is -2.13. The Bertz CT molecular complexity index is 497. The number of benzene rings is 1. The van der Waals surface area contributed by atoms with E-state index in [1.807, 2.05) is 37.3 Å². The van der Waals surface area contributed by atoms with Gasteiger partial charge in [-0.1, -0.05) is 23.4 Å². The highest BCUT2D eigenvalue weighted by Gasteiger charge is 2.11. The standard InChI is InChI=1S/C13H17N5O/c1-11(14-7-9-18-10-8-15-17-18)13(19)16-12-5-3-2-4-6-12/h2-6,8,10-11,14H,7,9H2,1H3,(H,16,19). The summed E-state index contributed by atoms with van der Waals surface area (Å²) in [6.45, 7) is 3.18. The first-order valence-corrected chi connectivity index (χ1v) is 6.19. The Morgan fingerprint density at radius 3 is 2.84 bits per heavy atom. The van der Waals surface area contributed by atoms with Gasteiger partial charge >= 0.3 is 0 Å². The van der Waals surface area contributed by atoms with Gasteiger partial charge in [0.1, 0.15) is 0 Å². The van der Waals surface area contributed by atoms with Crippen LogP contribution in [-0.4, -0.2) is 33.5 Å². The Labute approximate surface area is 111 Å². The van der Waals surface area contributed by atoms with Crippen molar-refractivity contribution >= 4 is 11.6 Å². The topological polar surface area (TPSA) is 71.8 Å². The average Bonchev–Trinajstić information content (AvgIpc) is 2.93. The number of rotatable bonds is 6. The maximum absolute atomic E-state index is 11.9. The Morgan fingerprint density at radius 1 is 1.37 bits per heavy atom. The highest BCUT2D eigenvalue weighted by atomic mass is 16.2. The van der Waals surface area contributed by atoms with Crippen LogP contribution in [0.1, 0.15) is 6.92 Å². The molecule has 1 heterocycles. The molecule has 1 amide bonds. The van der Waals surface area contributed by atoms with Crippen LogP contribution in [0.5, 0.6) is 0 Å². The van der Waals surface area contributed by atoms with Crippen molar-refractivity contribution in [3.63, 3.8) is 0 Å². The molecule has 2 N–H and O–H groups in total. The highest BCUT2D eigenvalue weighted by molar-refractivity contribution is 5.94. The molecule has 0 aliphatic rings. The number of anilines is 1. The molecule has 2 rings (SSSR count). The third-order valence-electron chi connectivity index (χ3n) is 2.70. The zero-order valence-electron chi connectivity index (χ0n) is 10.8. The van der Waals surface area contributed by atoms with Crippen molar-refractivity contribution in [1.82, 2.24) is 20.3 Å². The van der Waals surface area contributed by atoms with Crippen LogP contribution in [0.3, 0.4) is 0 Å². The average molecular weight is 259 g/mol. The van der Waals surface area contributed by atoms with Gasteiger partial charge in [-0.3, -0.25) is 9.48 Å². The molecule has 0 bridgehead atoms. The maximum atomic E-state index is 11.9. The minimum atomic E-state index is -0.260. The molecule has 0 spiro atoms. The Hall–Kier alpha value is -2.21. The molecule has 0 saturated heterocycles. The van der Waals surface area contributed by atoms with E-state index < -0.39 is 0 Å². The molecule has 19 heavy (non-hydrogen) atoms. The summed E-state index contributed by atoms with van der Waals surface area (Å²) in [5, 5.41) is 13.6. The summed E-state index contributed by atoms with van der Waals surface area (Å²) in [4.78, 5) is 11.9. The van der Waals surface area contributed by atoms with Gasteiger partial charge < -0.3 is 10.6 Å². The summed E-state index contributed by atoms with van der Waals surface area (Å²) < 4.78 is 1.72. The first kappa shape index (κ1) is 13.2. The summed E-state index contributed by atoms with van der Waals surface area (Å²) in [7, 11) is 0. The third-order valence-corrected chi connectivity index (χ3v) is 2.70. The van der Waals surface area contributed by atoms with Crippen molar-refractivity contribution in [2.75, 3.05) is 11.9 Å². The second-order valence-electron chi connectivity index (χ2n) is 4.20. The summed E-state index contributed by atoms with van der Waals surface area (Å²) in [5.74, 6) is -0.0511. The molecule has 6 nitrogen and oxygen atoms in total. The number of hydrogen-bond donors (Lipinski definition) is 2. The van der Waals surface area contributed by atoms with Gasteiger partial charge in [0.25, 0.3) is 0 Å². The first-order valence-electron chi connectivity index (χ1n) is 6.19. The number of nitrogens with zero attached hydrogens (tertiary/aromatic N) is 3. The minimum Gasteiger partial charge on any atom is -0.325 e. The lowest BCUT2D eigenvalue weighted by Crippen LogP contribution is -2.39. The number of amides is 1. The summed E-state index contributed by atoms with van der Waals surface area (Å²) >= 11 is 0. The minimum absolute atomic E-state index is 0.0511. The van der Waals surface area contributed by atoms with Gasteiger partial charge in [-0.05, 0) is 19.1 Å². The van der Waals surface area contributed by atoms with E-state index >= 15 is 0 Å². The fraction of sp³-hybridized carbons (Fsp3) is 0.308. The molecule has 0 radical (unpaired) electrons. The molecule has 0 aliphatic heterocycles. The second-order valence-corrected chi connectivity index (χ2v) is 4.20. The maximum Gasteiger partial charge on any atom is 0.241 e. The highest BCUT2D eigenvalue weighted by Crippen LogP contribution is 2.05. The zero-order chi connectivity index (χ0) is 13.5. The molecular weight excluding hydrogens is 242 g/mol. The fourth-order valence-corrected chi connectivity index (χ4v) is 1.61. The molecule has 1 aromatic heterocycles. The van der Waals surface area contributed by atoms with E-state index in [2.05, 4.69) is 20.9 Å². The normalized spacial score (nSPS) is 12.1. The molecule has 0 saturated carbocycles. The van der Waals surface area contributed by atoms with Gasteiger partial charge in [0.05, 0.1) is 18.8 Å². The van der Waals surface area contributed by atoms with Crippen LogP contribution in [0.15, 0.2) is 42.7 Å². The molecule has 2 aromatic rings. The van der Waals surface area contributed by atoms with Crippen molar-refractivity contribution in [3.05, 3.63) is 42.7 Å². The Balaban J connectivity index is 1.73. The van der Waals surface area contributed by atoms with E-state index in [-0.39, 0.29) is 11.9 Å². The monoisotopic (exact) mass is 259 g/mol. The molecule has 0 fully saturated rings. The smallest absolute Gasteiger partial charge is 0.241 e. The predicted molar refractivity (Wildman–Crippen MR) is 72.6 cm³/mol. The van der Waals surface area contributed by atoms with E-state index in [0.29, 0.717) is 13.1 Å². The van der Waals surface area contributed by atoms with Gasteiger partial charge in [-0.15, -0.1) is 5.10 Å². The molecule has 1 aromatic carbocycles. The molecule has 1 atom stereocenters. The quantitative estimate of drug-likeness (QED) is 0.808. The lowest BCUT2D eigenvalue weighted by molar-refractivity contribution is -0.117. The van der Waals surface area contributed by atoms with Crippen LogP contribution in [-0.2, 0) is 11.3 Å². The number of nitrogens with one attached hydrogen (secondary N) is 2. The van der Waals surface area contributed by atoms with Crippen molar-refractivity contribution in [2.24, 2.45) is 0 Å². The SMILES string of the molecule is CC(NCCn1ccnn1)C(=O)Nc1ccccc1. The van der Waals surface area contributed by atoms with Gasteiger partial charge in [0.2, 0.25) is 5.91 Å². The summed E-state index contributed by atoms with van der Waals surface area (Å²) in [6, 6.07) is 9.15. The number of carbonyl (C=O) groups excluding carboxylic acids is 1. The molecule has 100 valence electrons. The fourth-order valence-electron chi connectivity index (χ4n) is 1.61. The van der Waals surface area contributed by atoms with Crippen molar-refractivity contribution in [2.45, 2.75) is 19.5 Å². The third kappa shape index (κ3) is 4.18. The summed E-state index contributed by atoms with van der Waals surface area (Å²) in [6.07, 6.45) is 3.42. The van der Waals surface area contributed by atoms with Crippen LogP contribution in [0, 0.1) is 0 Å². The largest absolute Gasteiger partial charge is 0.325 e. The lowest BCUT2D eigenvalue weighted by atomic mass is 10.2.